The van der Waals surface area contributed by atoms with Crippen molar-refractivity contribution in [1.82, 2.24) is 15.4 Å². The highest BCUT2D eigenvalue weighted by molar-refractivity contribution is 7.13. The van der Waals surface area contributed by atoms with E-state index in [0.29, 0.717) is 0 Å². The normalized spacial score (nSPS) is 18.6. The Bertz CT molecular complexity index is 909. The number of nitrogen functional groups attached to an aromatic ring is 1. The number of carbonyl (C=O) groups is 4. The molecular formula is C18H25N5O8S. The number of hydrogen-bond acceptors (Lipinski definition) is 12. The Morgan fingerprint density at radius 3 is 2.50 bits per heavy atom. The number of amides is 2. The standard InChI is InChI=1S/C18H25N5O8S/c1-9-13(21-15(26)14(22-28-5)10-8-32-17(19)20-10)16(27)23(9)30-7-11(24)29-6-12(25)31-18(2,3)4/h8-9,13H,6-7H2,1-5H3,(H2,19,20)(H,21,26)/t9-,13-/m1/s1. The van der Waals surface area contributed by atoms with E-state index < -0.39 is 54.7 Å². The fourth-order valence-electron chi connectivity index (χ4n) is 2.54. The predicted octanol–water partition coefficient (Wildman–Crippen LogP) is -0.392. The van der Waals surface area contributed by atoms with Crippen LogP contribution in [-0.4, -0.2) is 77.5 Å². The number of nitrogens with two attached hydrogens (primary N) is 1. The van der Waals surface area contributed by atoms with Crippen molar-refractivity contribution in [2.24, 2.45) is 5.16 Å². The van der Waals surface area contributed by atoms with Crippen molar-refractivity contribution in [3.8, 4) is 0 Å². The average molecular weight is 471 g/mol. The number of ether oxygens (including phenoxy) is 2. The van der Waals surface area contributed by atoms with E-state index in [1.165, 1.54) is 12.5 Å². The van der Waals surface area contributed by atoms with Crippen LogP contribution in [0.5, 0.6) is 0 Å². The van der Waals surface area contributed by atoms with E-state index in [-0.39, 0.29) is 16.5 Å². The molecule has 0 unspecified atom stereocenters. The van der Waals surface area contributed by atoms with E-state index in [9.17, 15) is 19.2 Å². The number of nitrogens with one attached hydrogen (secondary N) is 1. The lowest BCUT2D eigenvalue weighted by Gasteiger charge is -2.43. The highest BCUT2D eigenvalue weighted by Crippen LogP contribution is 2.21. The molecule has 1 aromatic heterocycles. The van der Waals surface area contributed by atoms with Crippen LogP contribution >= 0.6 is 11.3 Å². The highest BCUT2D eigenvalue weighted by atomic mass is 32.1. The van der Waals surface area contributed by atoms with Crippen LogP contribution in [0.2, 0.25) is 0 Å². The fraction of sp³-hybridized carbons (Fsp3) is 0.556. The summed E-state index contributed by atoms with van der Waals surface area (Å²) < 4.78 is 9.76. The number of thiazole rings is 1. The summed E-state index contributed by atoms with van der Waals surface area (Å²) in [6.45, 7) is 5.46. The number of esters is 2. The van der Waals surface area contributed by atoms with Gasteiger partial charge in [-0.2, -0.15) is 0 Å². The van der Waals surface area contributed by atoms with Gasteiger partial charge in [0, 0.05) is 5.38 Å². The maximum Gasteiger partial charge on any atom is 0.344 e. The molecule has 2 atom stereocenters. The molecule has 1 aromatic rings. The molecule has 2 amide bonds. The minimum Gasteiger partial charge on any atom is -0.457 e. The van der Waals surface area contributed by atoms with Crippen LogP contribution < -0.4 is 11.1 Å². The predicted molar refractivity (Wildman–Crippen MR) is 111 cm³/mol. The van der Waals surface area contributed by atoms with Crippen molar-refractivity contribution >= 4 is 45.9 Å². The Hall–Kier alpha value is -3.26. The molecule has 176 valence electrons. The number of hydroxylamine groups is 2. The first-order valence-electron chi connectivity index (χ1n) is 9.39. The van der Waals surface area contributed by atoms with Crippen LogP contribution in [0.4, 0.5) is 5.13 Å². The molecular weight excluding hydrogens is 446 g/mol. The van der Waals surface area contributed by atoms with Gasteiger partial charge in [0.15, 0.2) is 24.1 Å². The molecule has 1 fully saturated rings. The van der Waals surface area contributed by atoms with Crippen LogP contribution in [-0.2, 0) is 38.3 Å². The molecule has 2 rings (SSSR count). The molecule has 1 saturated heterocycles. The Morgan fingerprint density at radius 2 is 1.97 bits per heavy atom. The van der Waals surface area contributed by atoms with Gasteiger partial charge < -0.3 is 25.4 Å². The Labute approximate surface area is 187 Å². The second-order valence-electron chi connectivity index (χ2n) is 7.57. The van der Waals surface area contributed by atoms with Gasteiger partial charge >= 0.3 is 11.9 Å². The lowest BCUT2D eigenvalue weighted by atomic mass is 10.00. The largest absolute Gasteiger partial charge is 0.457 e. The third-order valence-corrected chi connectivity index (χ3v) is 4.55. The number of aromatic nitrogens is 1. The van der Waals surface area contributed by atoms with Crippen LogP contribution in [0.25, 0.3) is 0 Å². The maximum atomic E-state index is 12.5. The van der Waals surface area contributed by atoms with Gasteiger partial charge in [0.05, 0.1) is 6.04 Å². The molecule has 3 N–H and O–H groups in total. The SMILES string of the molecule is CON=C(C(=O)N[C@H]1C(=O)N(OCC(=O)OCC(=O)OC(C)(C)C)[C@@H]1C)c1csc(N)n1. The molecule has 0 spiro atoms. The number of anilines is 1. The van der Waals surface area contributed by atoms with Crippen molar-refractivity contribution in [3.63, 3.8) is 0 Å². The van der Waals surface area contributed by atoms with E-state index in [1.807, 2.05) is 0 Å². The first-order chi connectivity index (χ1) is 14.9. The Morgan fingerprint density at radius 1 is 1.28 bits per heavy atom. The topological polar surface area (TPSA) is 172 Å². The molecule has 0 bridgehead atoms. The van der Waals surface area contributed by atoms with Crippen LogP contribution in [0.3, 0.4) is 0 Å². The van der Waals surface area contributed by atoms with E-state index in [2.05, 4.69) is 20.3 Å². The van der Waals surface area contributed by atoms with Gasteiger partial charge in [0.25, 0.3) is 11.8 Å². The number of nitrogens with zero attached hydrogens (tertiary/aromatic N) is 3. The highest BCUT2D eigenvalue weighted by Gasteiger charge is 2.47. The summed E-state index contributed by atoms with van der Waals surface area (Å²) in [4.78, 5) is 61.9. The molecule has 0 aromatic carbocycles. The molecule has 2 heterocycles. The average Bonchev–Trinajstić information content (AvgIpc) is 3.13. The smallest absolute Gasteiger partial charge is 0.344 e. The molecule has 1 aliphatic heterocycles. The summed E-state index contributed by atoms with van der Waals surface area (Å²) in [6, 6.07) is -1.51. The van der Waals surface area contributed by atoms with Crippen molar-refractivity contribution in [3.05, 3.63) is 11.1 Å². The molecule has 1 aliphatic rings. The summed E-state index contributed by atoms with van der Waals surface area (Å²) in [5.74, 6) is -2.85. The number of rotatable bonds is 9. The lowest BCUT2D eigenvalue weighted by molar-refractivity contribution is -0.234. The van der Waals surface area contributed by atoms with Crippen molar-refractivity contribution in [2.75, 3.05) is 26.1 Å². The fourth-order valence-corrected chi connectivity index (χ4v) is 3.08. The summed E-state index contributed by atoms with van der Waals surface area (Å²) in [5.41, 5.74) is 4.92. The lowest BCUT2D eigenvalue weighted by Crippen LogP contribution is -2.70. The van der Waals surface area contributed by atoms with Gasteiger partial charge in [0.2, 0.25) is 0 Å². The number of oxime groups is 1. The zero-order valence-electron chi connectivity index (χ0n) is 18.2. The third kappa shape index (κ3) is 6.62. The molecule has 14 heteroatoms. The van der Waals surface area contributed by atoms with Gasteiger partial charge in [-0.3, -0.25) is 14.4 Å². The molecule has 0 radical (unpaired) electrons. The minimum absolute atomic E-state index is 0.148. The maximum absolute atomic E-state index is 12.5. The summed E-state index contributed by atoms with van der Waals surface area (Å²) in [6.07, 6.45) is 0. The van der Waals surface area contributed by atoms with Gasteiger partial charge in [-0.25, -0.2) is 19.6 Å². The van der Waals surface area contributed by atoms with Crippen LogP contribution in [0.1, 0.15) is 33.4 Å². The van der Waals surface area contributed by atoms with Crippen molar-refractivity contribution in [1.29, 1.82) is 0 Å². The number of carbonyl (C=O) groups excluding carboxylic acids is 4. The van der Waals surface area contributed by atoms with E-state index in [1.54, 1.807) is 27.7 Å². The number of hydrogen-bond donors (Lipinski definition) is 2. The van der Waals surface area contributed by atoms with Gasteiger partial charge in [-0.1, -0.05) is 5.16 Å². The summed E-state index contributed by atoms with van der Waals surface area (Å²) in [7, 11) is 1.26. The molecule has 0 saturated carbocycles. The zero-order valence-corrected chi connectivity index (χ0v) is 19.1. The summed E-state index contributed by atoms with van der Waals surface area (Å²) >= 11 is 1.12. The second-order valence-corrected chi connectivity index (χ2v) is 8.46. The minimum atomic E-state index is -0.918. The van der Waals surface area contributed by atoms with Crippen molar-refractivity contribution < 1.29 is 38.3 Å². The van der Waals surface area contributed by atoms with Crippen LogP contribution in [0.15, 0.2) is 10.5 Å². The number of β-lactam (4-membered cyclic amide) rings is 1. The van der Waals surface area contributed by atoms with Crippen LogP contribution in [0, 0.1) is 0 Å². The Kier molecular flexibility index (Phi) is 8.10. The van der Waals surface area contributed by atoms with E-state index in [0.717, 1.165) is 16.4 Å². The quantitative estimate of drug-likeness (QED) is 0.209. The van der Waals surface area contributed by atoms with Crippen molar-refractivity contribution in [2.45, 2.75) is 45.4 Å². The summed E-state index contributed by atoms with van der Waals surface area (Å²) in [5, 5.41) is 8.84. The Balaban J connectivity index is 1.82. The van der Waals surface area contributed by atoms with Gasteiger partial charge in [-0.05, 0) is 27.7 Å². The van der Waals surface area contributed by atoms with Gasteiger partial charge in [-0.15, -0.1) is 11.3 Å². The zero-order chi connectivity index (χ0) is 24.1. The van der Waals surface area contributed by atoms with E-state index >= 15 is 0 Å². The third-order valence-electron chi connectivity index (χ3n) is 3.88. The molecule has 13 nitrogen and oxygen atoms in total. The van der Waals surface area contributed by atoms with E-state index in [4.69, 9.17) is 20.0 Å². The monoisotopic (exact) mass is 471 g/mol. The second kappa shape index (κ2) is 10.4. The first-order valence-corrected chi connectivity index (χ1v) is 10.3. The molecule has 32 heavy (non-hydrogen) atoms. The molecule has 0 aliphatic carbocycles. The first kappa shape index (κ1) is 25.0. The van der Waals surface area contributed by atoms with Gasteiger partial charge in [0.1, 0.15) is 24.4 Å².